The molecule has 2 amide bonds. The third kappa shape index (κ3) is 3.81. The molecule has 1 saturated heterocycles. The lowest BCUT2D eigenvalue weighted by Gasteiger charge is -2.23. The summed E-state index contributed by atoms with van der Waals surface area (Å²) in [4.78, 5) is 23.2. The van der Waals surface area contributed by atoms with Gasteiger partial charge in [-0.05, 0) is 24.3 Å². The number of rotatable bonds is 4. The van der Waals surface area contributed by atoms with Gasteiger partial charge < -0.3 is 10.6 Å². The number of carbonyl (C=O) groups is 2. The molecule has 4 heteroatoms. The van der Waals surface area contributed by atoms with E-state index in [4.69, 9.17) is 0 Å². The predicted octanol–water partition coefficient (Wildman–Crippen LogP) is 1.57. The van der Waals surface area contributed by atoms with Crippen LogP contribution in [0.3, 0.4) is 0 Å². The molecule has 2 rings (SSSR count). The van der Waals surface area contributed by atoms with Crippen molar-refractivity contribution in [3.05, 3.63) is 35.9 Å². The maximum atomic E-state index is 12.0. The molecule has 1 aliphatic heterocycles. The van der Waals surface area contributed by atoms with Crippen molar-refractivity contribution in [3.8, 4) is 0 Å². The van der Waals surface area contributed by atoms with E-state index < -0.39 is 0 Å². The van der Waals surface area contributed by atoms with Gasteiger partial charge in [-0.1, -0.05) is 37.3 Å². The predicted molar refractivity (Wildman–Crippen MR) is 73.6 cm³/mol. The summed E-state index contributed by atoms with van der Waals surface area (Å²) in [5, 5.41) is 5.65. The molecule has 0 radical (unpaired) electrons. The van der Waals surface area contributed by atoms with Gasteiger partial charge in [0, 0.05) is 13.0 Å². The highest BCUT2D eigenvalue weighted by Gasteiger charge is 2.24. The third-order valence-electron chi connectivity index (χ3n) is 3.50. The van der Waals surface area contributed by atoms with Crippen LogP contribution in [0.1, 0.15) is 37.7 Å². The number of benzene rings is 1. The fourth-order valence-corrected chi connectivity index (χ4v) is 2.28. The van der Waals surface area contributed by atoms with E-state index in [1.165, 1.54) is 5.56 Å². The van der Waals surface area contributed by atoms with Gasteiger partial charge in [-0.15, -0.1) is 0 Å². The van der Waals surface area contributed by atoms with Crippen LogP contribution in [0, 0.1) is 0 Å². The van der Waals surface area contributed by atoms with E-state index in [0.29, 0.717) is 13.0 Å². The Hall–Kier alpha value is -1.84. The minimum absolute atomic E-state index is 0.0255. The zero-order valence-corrected chi connectivity index (χ0v) is 11.2. The molecule has 1 heterocycles. The molecule has 102 valence electrons. The Morgan fingerprint density at radius 2 is 2.16 bits per heavy atom. The van der Waals surface area contributed by atoms with Gasteiger partial charge in [0.2, 0.25) is 11.8 Å². The van der Waals surface area contributed by atoms with Gasteiger partial charge >= 0.3 is 0 Å². The van der Waals surface area contributed by atoms with Crippen molar-refractivity contribution >= 4 is 11.8 Å². The van der Waals surface area contributed by atoms with E-state index in [2.05, 4.69) is 29.7 Å². The van der Waals surface area contributed by atoms with Crippen molar-refractivity contribution in [1.29, 1.82) is 0 Å². The zero-order valence-electron chi connectivity index (χ0n) is 11.2. The third-order valence-corrected chi connectivity index (χ3v) is 3.50. The number of hydrogen-bond donors (Lipinski definition) is 2. The Labute approximate surface area is 113 Å². The van der Waals surface area contributed by atoms with Crippen molar-refractivity contribution in [2.75, 3.05) is 6.54 Å². The fraction of sp³-hybridized carbons (Fsp3) is 0.467. The number of piperidine rings is 1. The monoisotopic (exact) mass is 260 g/mol. The molecule has 2 atom stereocenters. The van der Waals surface area contributed by atoms with Crippen LogP contribution >= 0.6 is 0 Å². The van der Waals surface area contributed by atoms with Crippen LogP contribution in [0.5, 0.6) is 0 Å². The molecule has 0 aliphatic carbocycles. The number of amides is 2. The average Bonchev–Trinajstić information content (AvgIpc) is 2.45. The standard InChI is InChI=1S/C15H20N2O2/c1-11(12-6-3-2-4-7-12)10-16-15(19)13-8-5-9-14(18)17-13/h2-4,6-7,11,13H,5,8-10H2,1H3,(H,16,19)(H,17,18)/t11-,13+/m1/s1. The van der Waals surface area contributed by atoms with Crippen molar-refractivity contribution in [3.63, 3.8) is 0 Å². The molecule has 1 aromatic rings. The van der Waals surface area contributed by atoms with Crippen LogP contribution in [0.2, 0.25) is 0 Å². The molecule has 1 aromatic carbocycles. The lowest BCUT2D eigenvalue weighted by Crippen LogP contribution is -2.49. The molecular formula is C15H20N2O2. The topological polar surface area (TPSA) is 58.2 Å². The summed E-state index contributed by atoms with van der Waals surface area (Å²) < 4.78 is 0. The number of nitrogens with one attached hydrogen (secondary N) is 2. The van der Waals surface area contributed by atoms with Crippen LogP contribution in [-0.4, -0.2) is 24.4 Å². The second-order valence-electron chi connectivity index (χ2n) is 5.07. The first-order valence-electron chi connectivity index (χ1n) is 6.79. The second kappa shape index (κ2) is 6.36. The van der Waals surface area contributed by atoms with E-state index in [-0.39, 0.29) is 23.8 Å². The van der Waals surface area contributed by atoms with Crippen LogP contribution in [0.15, 0.2) is 30.3 Å². The fourth-order valence-electron chi connectivity index (χ4n) is 2.28. The van der Waals surface area contributed by atoms with E-state index in [0.717, 1.165) is 12.8 Å². The molecule has 0 spiro atoms. The highest BCUT2D eigenvalue weighted by molar-refractivity contribution is 5.88. The zero-order chi connectivity index (χ0) is 13.7. The first-order valence-corrected chi connectivity index (χ1v) is 6.79. The van der Waals surface area contributed by atoms with Gasteiger partial charge in [0.1, 0.15) is 6.04 Å². The second-order valence-corrected chi connectivity index (χ2v) is 5.07. The lowest BCUT2D eigenvalue weighted by molar-refractivity contribution is -0.131. The molecule has 0 aromatic heterocycles. The van der Waals surface area contributed by atoms with Crippen LogP contribution in [-0.2, 0) is 9.59 Å². The molecule has 1 aliphatic rings. The molecule has 0 unspecified atom stereocenters. The van der Waals surface area contributed by atoms with Crippen LogP contribution in [0.25, 0.3) is 0 Å². The first kappa shape index (κ1) is 13.6. The Kier molecular flexibility index (Phi) is 4.55. The van der Waals surface area contributed by atoms with E-state index in [1.807, 2.05) is 18.2 Å². The maximum absolute atomic E-state index is 12.0. The summed E-state index contributed by atoms with van der Waals surface area (Å²) in [6.07, 6.45) is 2.06. The SMILES string of the molecule is C[C@H](CNC(=O)[C@@H]1CCCC(=O)N1)c1ccccc1. The molecule has 2 N–H and O–H groups in total. The summed E-state index contributed by atoms with van der Waals surface area (Å²) in [5.41, 5.74) is 1.20. The first-order chi connectivity index (χ1) is 9.16. The average molecular weight is 260 g/mol. The van der Waals surface area contributed by atoms with Crippen molar-refractivity contribution in [1.82, 2.24) is 10.6 Å². The van der Waals surface area contributed by atoms with E-state index in [9.17, 15) is 9.59 Å². The molecule has 0 bridgehead atoms. The van der Waals surface area contributed by atoms with Crippen LogP contribution in [0.4, 0.5) is 0 Å². The van der Waals surface area contributed by atoms with Crippen LogP contribution < -0.4 is 10.6 Å². The number of carbonyl (C=O) groups excluding carboxylic acids is 2. The maximum Gasteiger partial charge on any atom is 0.242 e. The molecular weight excluding hydrogens is 240 g/mol. The molecule has 0 saturated carbocycles. The minimum atomic E-state index is -0.357. The van der Waals surface area contributed by atoms with Gasteiger partial charge in [-0.3, -0.25) is 9.59 Å². The van der Waals surface area contributed by atoms with E-state index >= 15 is 0 Å². The lowest BCUT2D eigenvalue weighted by atomic mass is 10.0. The highest BCUT2D eigenvalue weighted by atomic mass is 16.2. The molecule has 19 heavy (non-hydrogen) atoms. The van der Waals surface area contributed by atoms with Gasteiger partial charge in [0.15, 0.2) is 0 Å². The Bertz CT molecular complexity index is 445. The largest absolute Gasteiger partial charge is 0.354 e. The van der Waals surface area contributed by atoms with Gasteiger partial charge in [-0.25, -0.2) is 0 Å². The van der Waals surface area contributed by atoms with E-state index in [1.54, 1.807) is 0 Å². The summed E-state index contributed by atoms with van der Waals surface area (Å²) in [5.74, 6) is 0.169. The van der Waals surface area contributed by atoms with Gasteiger partial charge in [-0.2, -0.15) is 0 Å². The minimum Gasteiger partial charge on any atom is -0.354 e. The Morgan fingerprint density at radius 3 is 2.84 bits per heavy atom. The molecule has 1 fully saturated rings. The highest BCUT2D eigenvalue weighted by Crippen LogP contribution is 2.13. The van der Waals surface area contributed by atoms with Gasteiger partial charge in [0.25, 0.3) is 0 Å². The summed E-state index contributed by atoms with van der Waals surface area (Å²) in [6.45, 7) is 2.67. The normalized spacial score (nSPS) is 20.5. The van der Waals surface area contributed by atoms with Crippen molar-refractivity contribution < 1.29 is 9.59 Å². The quantitative estimate of drug-likeness (QED) is 0.863. The summed E-state index contributed by atoms with van der Waals surface area (Å²) in [6, 6.07) is 9.72. The Morgan fingerprint density at radius 1 is 1.42 bits per heavy atom. The van der Waals surface area contributed by atoms with Crippen molar-refractivity contribution in [2.45, 2.75) is 38.1 Å². The summed E-state index contributed by atoms with van der Waals surface area (Å²) in [7, 11) is 0. The van der Waals surface area contributed by atoms with Gasteiger partial charge in [0.05, 0.1) is 0 Å². The number of hydrogen-bond acceptors (Lipinski definition) is 2. The summed E-state index contributed by atoms with van der Waals surface area (Å²) >= 11 is 0. The molecule has 4 nitrogen and oxygen atoms in total. The smallest absolute Gasteiger partial charge is 0.242 e. The van der Waals surface area contributed by atoms with Crippen molar-refractivity contribution in [2.24, 2.45) is 0 Å². The Balaban J connectivity index is 1.81.